The second-order valence-corrected chi connectivity index (χ2v) is 5.75. The minimum atomic E-state index is 0.0854. The third-order valence-electron chi connectivity index (χ3n) is 3.83. The molecule has 4 heteroatoms. The van der Waals surface area contributed by atoms with Gasteiger partial charge < -0.3 is 10.1 Å². The van der Waals surface area contributed by atoms with Crippen LogP contribution in [0.4, 0.5) is 0 Å². The monoisotopic (exact) mass is 256 g/mol. The van der Waals surface area contributed by atoms with Crippen LogP contribution in [0.5, 0.6) is 0 Å². The lowest BCUT2D eigenvalue weighted by molar-refractivity contribution is -0.123. The van der Waals surface area contributed by atoms with E-state index in [1.54, 1.807) is 7.11 Å². The molecule has 1 fully saturated rings. The van der Waals surface area contributed by atoms with Gasteiger partial charge in [0.1, 0.15) is 0 Å². The van der Waals surface area contributed by atoms with Crippen molar-refractivity contribution in [3.05, 3.63) is 0 Å². The van der Waals surface area contributed by atoms with E-state index >= 15 is 0 Å². The summed E-state index contributed by atoms with van der Waals surface area (Å²) >= 11 is 0. The summed E-state index contributed by atoms with van der Waals surface area (Å²) in [6, 6.07) is 0.659. The molecule has 1 amide bonds. The van der Waals surface area contributed by atoms with E-state index in [0.717, 1.165) is 5.92 Å². The number of hydrogen-bond acceptors (Lipinski definition) is 3. The SMILES string of the molecule is COC[C@@H](C)NC(=O)CN(C)C1CCC(C)CC1. The van der Waals surface area contributed by atoms with E-state index in [9.17, 15) is 4.79 Å². The molecule has 0 unspecified atom stereocenters. The molecule has 0 aromatic carbocycles. The molecule has 1 rings (SSSR count). The lowest BCUT2D eigenvalue weighted by atomic mass is 9.87. The Labute approximate surface area is 111 Å². The number of nitrogens with one attached hydrogen (secondary N) is 1. The largest absolute Gasteiger partial charge is 0.383 e. The summed E-state index contributed by atoms with van der Waals surface area (Å²) < 4.78 is 5.01. The van der Waals surface area contributed by atoms with Crippen molar-refractivity contribution in [1.82, 2.24) is 10.2 Å². The minimum absolute atomic E-state index is 0.0854. The van der Waals surface area contributed by atoms with E-state index in [4.69, 9.17) is 4.74 Å². The van der Waals surface area contributed by atoms with E-state index < -0.39 is 0 Å². The van der Waals surface area contributed by atoms with Crippen LogP contribution in [0.3, 0.4) is 0 Å². The molecule has 0 radical (unpaired) electrons. The first-order valence-electron chi connectivity index (χ1n) is 7.01. The molecule has 1 atom stereocenters. The zero-order valence-electron chi connectivity index (χ0n) is 12.2. The van der Waals surface area contributed by atoms with Crippen molar-refractivity contribution in [3.8, 4) is 0 Å². The Hall–Kier alpha value is -0.610. The van der Waals surface area contributed by atoms with Gasteiger partial charge in [0.25, 0.3) is 0 Å². The number of methoxy groups -OCH3 is 1. The van der Waals surface area contributed by atoms with Crippen molar-refractivity contribution in [2.75, 3.05) is 27.3 Å². The van der Waals surface area contributed by atoms with Crippen LogP contribution in [0, 0.1) is 5.92 Å². The van der Waals surface area contributed by atoms with Gasteiger partial charge in [-0.25, -0.2) is 0 Å². The van der Waals surface area contributed by atoms with Crippen LogP contribution in [-0.2, 0) is 9.53 Å². The molecule has 106 valence electrons. The third-order valence-corrected chi connectivity index (χ3v) is 3.83. The normalized spacial score (nSPS) is 26.1. The maximum absolute atomic E-state index is 11.8. The highest BCUT2D eigenvalue weighted by atomic mass is 16.5. The molecule has 0 aliphatic heterocycles. The first-order valence-corrected chi connectivity index (χ1v) is 7.01. The summed E-state index contributed by atoms with van der Waals surface area (Å²) in [7, 11) is 3.71. The van der Waals surface area contributed by atoms with Crippen LogP contribution in [0.1, 0.15) is 39.5 Å². The Balaban J connectivity index is 2.26. The Morgan fingerprint density at radius 2 is 2.00 bits per heavy atom. The van der Waals surface area contributed by atoms with E-state index in [2.05, 4.69) is 24.2 Å². The Morgan fingerprint density at radius 3 is 2.56 bits per heavy atom. The van der Waals surface area contributed by atoms with Crippen LogP contribution in [0.25, 0.3) is 0 Å². The molecule has 0 aromatic heterocycles. The highest BCUT2D eigenvalue weighted by molar-refractivity contribution is 5.78. The molecule has 1 aliphatic rings. The fourth-order valence-electron chi connectivity index (χ4n) is 2.65. The molecule has 0 bridgehead atoms. The molecular formula is C14H28N2O2. The lowest BCUT2D eigenvalue weighted by Gasteiger charge is -2.33. The van der Waals surface area contributed by atoms with Gasteiger partial charge in [0.05, 0.1) is 13.2 Å². The second kappa shape index (κ2) is 7.74. The lowest BCUT2D eigenvalue weighted by Crippen LogP contribution is -2.45. The van der Waals surface area contributed by atoms with Gasteiger partial charge in [0.15, 0.2) is 0 Å². The molecule has 18 heavy (non-hydrogen) atoms. The molecule has 4 nitrogen and oxygen atoms in total. The van der Waals surface area contributed by atoms with Crippen LogP contribution >= 0.6 is 0 Å². The highest BCUT2D eigenvalue weighted by Gasteiger charge is 2.23. The molecular weight excluding hydrogens is 228 g/mol. The first-order chi connectivity index (χ1) is 8.52. The molecule has 0 spiro atoms. The molecule has 0 heterocycles. The van der Waals surface area contributed by atoms with Gasteiger partial charge in [0, 0.05) is 19.2 Å². The molecule has 0 aromatic rings. The average molecular weight is 256 g/mol. The summed E-state index contributed by atoms with van der Waals surface area (Å²) in [5, 5.41) is 2.95. The predicted molar refractivity (Wildman–Crippen MR) is 73.5 cm³/mol. The van der Waals surface area contributed by atoms with Crippen molar-refractivity contribution < 1.29 is 9.53 Å². The zero-order chi connectivity index (χ0) is 13.5. The Bertz CT molecular complexity index is 250. The van der Waals surface area contributed by atoms with Gasteiger partial charge in [-0.15, -0.1) is 0 Å². The van der Waals surface area contributed by atoms with Crippen molar-refractivity contribution in [2.24, 2.45) is 5.92 Å². The van der Waals surface area contributed by atoms with Gasteiger partial charge in [-0.2, -0.15) is 0 Å². The number of amides is 1. The van der Waals surface area contributed by atoms with E-state index in [-0.39, 0.29) is 11.9 Å². The number of likely N-dealkylation sites (N-methyl/N-ethyl adjacent to an activating group) is 1. The third kappa shape index (κ3) is 5.36. The van der Waals surface area contributed by atoms with E-state index in [0.29, 0.717) is 19.2 Å². The summed E-state index contributed by atoms with van der Waals surface area (Å²) in [4.78, 5) is 14.0. The van der Waals surface area contributed by atoms with Gasteiger partial charge in [-0.3, -0.25) is 9.69 Å². The fourth-order valence-corrected chi connectivity index (χ4v) is 2.65. The smallest absolute Gasteiger partial charge is 0.234 e. The van der Waals surface area contributed by atoms with E-state index in [1.807, 2.05) is 6.92 Å². The quantitative estimate of drug-likeness (QED) is 0.785. The Morgan fingerprint density at radius 1 is 1.39 bits per heavy atom. The number of carbonyl (C=O) groups excluding carboxylic acids is 1. The maximum atomic E-state index is 11.8. The second-order valence-electron chi connectivity index (χ2n) is 5.75. The zero-order valence-corrected chi connectivity index (χ0v) is 12.2. The fraction of sp³-hybridized carbons (Fsp3) is 0.929. The predicted octanol–water partition coefficient (Wildman–Crippen LogP) is 1.65. The maximum Gasteiger partial charge on any atom is 0.234 e. The standard InChI is InChI=1S/C14H28N2O2/c1-11-5-7-13(8-6-11)16(3)9-14(17)15-12(2)10-18-4/h11-13H,5-10H2,1-4H3,(H,15,17)/t11?,12-,13?/m1/s1. The summed E-state index contributed by atoms with van der Waals surface area (Å²) in [6.07, 6.45) is 5.02. The number of carbonyl (C=O) groups is 1. The van der Waals surface area contributed by atoms with Crippen molar-refractivity contribution >= 4 is 5.91 Å². The van der Waals surface area contributed by atoms with Gasteiger partial charge >= 0.3 is 0 Å². The number of hydrogen-bond donors (Lipinski definition) is 1. The number of ether oxygens (including phenoxy) is 1. The van der Waals surface area contributed by atoms with Crippen molar-refractivity contribution in [3.63, 3.8) is 0 Å². The first kappa shape index (κ1) is 15.4. The van der Waals surface area contributed by atoms with Crippen LogP contribution in [-0.4, -0.2) is 50.2 Å². The molecule has 1 aliphatic carbocycles. The topological polar surface area (TPSA) is 41.6 Å². The van der Waals surface area contributed by atoms with Gasteiger partial charge in [-0.05, 0) is 45.6 Å². The summed E-state index contributed by atoms with van der Waals surface area (Å²) in [5.74, 6) is 0.950. The van der Waals surface area contributed by atoms with Crippen LogP contribution in [0.15, 0.2) is 0 Å². The highest BCUT2D eigenvalue weighted by Crippen LogP contribution is 2.26. The summed E-state index contributed by atoms with van der Waals surface area (Å²) in [5.41, 5.74) is 0. The summed E-state index contributed by atoms with van der Waals surface area (Å²) in [6.45, 7) is 5.34. The number of nitrogens with zero attached hydrogens (tertiary/aromatic N) is 1. The van der Waals surface area contributed by atoms with Crippen molar-refractivity contribution in [2.45, 2.75) is 51.6 Å². The van der Waals surface area contributed by atoms with Crippen molar-refractivity contribution in [1.29, 1.82) is 0 Å². The van der Waals surface area contributed by atoms with Crippen LogP contribution in [0.2, 0.25) is 0 Å². The number of rotatable bonds is 6. The average Bonchev–Trinajstić information content (AvgIpc) is 2.29. The van der Waals surface area contributed by atoms with Gasteiger partial charge in [0.2, 0.25) is 5.91 Å². The van der Waals surface area contributed by atoms with Crippen LogP contribution < -0.4 is 5.32 Å². The van der Waals surface area contributed by atoms with Gasteiger partial charge in [-0.1, -0.05) is 6.92 Å². The van der Waals surface area contributed by atoms with E-state index in [1.165, 1.54) is 25.7 Å². The molecule has 1 saturated carbocycles. The molecule has 0 saturated heterocycles. The minimum Gasteiger partial charge on any atom is -0.383 e. The molecule has 1 N–H and O–H groups in total. The Kier molecular flexibility index (Phi) is 6.65.